The predicted octanol–water partition coefficient (Wildman–Crippen LogP) is 3.99. The summed E-state index contributed by atoms with van der Waals surface area (Å²) in [4.78, 5) is 11.4. The number of anilines is 1. The van der Waals surface area contributed by atoms with Gasteiger partial charge in [0.2, 0.25) is 0 Å². The van der Waals surface area contributed by atoms with Crippen molar-refractivity contribution in [2.24, 2.45) is 0 Å². The molecule has 0 aromatic heterocycles. The van der Waals surface area contributed by atoms with Gasteiger partial charge in [0.1, 0.15) is 11.4 Å². The van der Waals surface area contributed by atoms with E-state index < -0.39 is 17.5 Å². The Morgan fingerprint density at radius 1 is 1.48 bits per heavy atom. The fraction of sp³-hybridized carbons (Fsp3) is 0.400. The second kappa shape index (κ2) is 7.31. The van der Waals surface area contributed by atoms with Gasteiger partial charge in [0.15, 0.2) is 0 Å². The SMILES string of the molecule is CC(C)(C)OC(=O)NCCC=Cc1cc(Cl)cc(F)c1N. The molecule has 1 amide bonds. The zero-order valence-electron chi connectivity index (χ0n) is 12.4. The van der Waals surface area contributed by atoms with E-state index in [1.807, 2.05) is 0 Å². The zero-order valence-corrected chi connectivity index (χ0v) is 13.1. The molecule has 3 N–H and O–H groups in total. The average Bonchev–Trinajstić information content (AvgIpc) is 2.32. The number of nitrogen functional groups attached to an aromatic ring is 1. The lowest BCUT2D eigenvalue weighted by Crippen LogP contribution is -2.32. The van der Waals surface area contributed by atoms with Crippen LogP contribution in [-0.4, -0.2) is 18.2 Å². The molecular formula is C15H20ClFN2O2. The monoisotopic (exact) mass is 314 g/mol. The molecule has 0 fully saturated rings. The summed E-state index contributed by atoms with van der Waals surface area (Å²) in [7, 11) is 0. The van der Waals surface area contributed by atoms with Crippen molar-refractivity contribution in [2.75, 3.05) is 12.3 Å². The number of rotatable bonds is 4. The number of benzene rings is 1. The van der Waals surface area contributed by atoms with Gasteiger partial charge >= 0.3 is 6.09 Å². The molecule has 0 atom stereocenters. The molecule has 0 saturated heterocycles. The van der Waals surface area contributed by atoms with E-state index in [9.17, 15) is 9.18 Å². The summed E-state index contributed by atoms with van der Waals surface area (Å²) in [6.07, 6.45) is 3.54. The van der Waals surface area contributed by atoms with E-state index in [2.05, 4.69) is 5.32 Å². The molecule has 1 aromatic carbocycles. The number of nitrogens with two attached hydrogens (primary N) is 1. The number of carbonyl (C=O) groups is 1. The Morgan fingerprint density at radius 2 is 2.14 bits per heavy atom. The minimum absolute atomic E-state index is 0.0516. The van der Waals surface area contributed by atoms with Crippen LogP contribution in [0.5, 0.6) is 0 Å². The Morgan fingerprint density at radius 3 is 2.76 bits per heavy atom. The van der Waals surface area contributed by atoms with Crippen LogP contribution in [0.2, 0.25) is 5.02 Å². The number of ether oxygens (including phenoxy) is 1. The highest BCUT2D eigenvalue weighted by Crippen LogP contribution is 2.23. The number of hydrogen-bond donors (Lipinski definition) is 2. The highest BCUT2D eigenvalue weighted by molar-refractivity contribution is 6.30. The van der Waals surface area contributed by atoms with Crippen molar-refractivity contribution in [2.45, 2.75) is 32.8 Å². The van der Waals surface area contributed by atoms with Crippen molar-refractivity contribution in [3.63, 3.8) is 0 Å². The van der Waals surface area contributed by atoms with Gasteiger partial charge < -0.3 is 15.8 Å². The molecule has 0 aliphatic rings. The van der Waals surface area contributed by atoms with Crippen molar-refractivity contribution in [3.05, 3.63) is 34.6 Å². The second-order valence-corrected chi connectivity index (χ2v) is 5.95. The molecule has 1 rings (SSSR count). The fourth-order valence-corrected chi connectivity index (χ4v) is 1.74. The highest BCUT2D eigenvalue weighted by atomic mass is 35.5. The molecule has 0 saturated carbocycles. The van der Waals surface area contributed by atoms with Crippen LogP contribution >= 0.6 is 11.6 Å². The number of hydrogen-bond acceptors (Lipinski definition) is 3. The maximum atomic E-state index is 13.4. The number of alkyl carbamates (subject to hydrolysis) is 1. The molecule has 21 heavy (non-hydrogen) atoms. The molecule has 0 heterocycles. The Bertz CT molecular complexity index is 539. The fourth-order valence-electron chi connectivity index (χ4n) is 1.52. The third kappa shape index (κ3) is 6.49. The van der Waals surface area contributed by atoms with Crippen molar-refractivity contribution in [3.8, 4) is 0 Å². The molecule has 1 aromatic rings. The summed E-state index contributed by atoms with van der Waals surface area (Å²) in [5.41, 5.74) is 5.65. The molecule has 0 spiro atoms. The second-order valence-electron chi connectivity index (χ2n) is 5.51. The maximum absolute atomic E-state index is 13.4. The lowest BCUT2D eigenvalue weighted by atomic mass is 10.1. The normalized spacial score (nSPS) is 11.7. The van der Waals surface area contributed by atoms with E-state index in [0.717, 1.165) is 6.07 Å². The Kier molecular flexibility index (Phi) is 6.03. The van der Waals surface area contributed by atoms with Gasteiger partial charge in [-0.25, -0.2) is 9.18 Å². The molecule has 0 unspecified atom stereocenters. The van der Waals surface area contributed by atoms with Gasteiger partial charge in [-0.3, -0.25) is 0 Å². The van der Waals surface area contributed by atoms with Crippen molar-refractivity contribution < 1.29 is 13.9 Å². The molecule has 6 heteroatoms. The van der Waals surface area contributed by atoms with E-state index in [-0.39, 0.29) is 10.7 Å². The van der Waals surface area contributed by atoms with Crippen LogP contribution in [0.15, 0.2) is 18.2 Å². The van der Waals surface area contributed by atoms with E-state index >= 15 is 0 Å². The van der Waals surface area contributed by atoms with Crippen LogP contribution in [0.1, 0.15) is 32.8 Å². The van der Waals surface area contributed by atoms with Crippen LogP contribution in [0, 0.1) is 5.82 Å². The Labute approximate surface area is 129 Å². The summed E-state index contributed by atoms with van der Waals surface area (Å²) in [5.74, 6) is -0.547. The number of nitrogens with one attached hydrogen (secondary N) is 1. The molecule has 0 aliphatic heterocycles. The summed E-state index contributed by atoms with van der Waals surface area (Å²) < 4.78 is 18.5. The predicted molar refractivity (Wildman–Crippen MR) is 83.7 cm³/mol. The summed E-state index contributed by atoms with van der Waals surface area (Å²) in [5, 5.41) is 2.90. The third-order valence-electron chi connectivity index (χ3n) is 2.40. The number of halogens is 2. The highest BCUT2D eigenvalue weighted by Gasteiger charge is 2.15. The van der Waals surface area contributed by atoms with Gasteiger partial charge in [-0.05, 0) is 39.3 Å². The molecular weight excluding hydrogens is 295 g/mol. The zero-order chi connectivity index (χ0) is 16.0. The van der Waals surface area contributed by atoms with E-state index in [1.54, 1.807) is 39.0 Å². The smallest absolute Gasteiger partial charge is 0.407 e. The minimum Gasteiger partial charge on any atom is -0.444 e. The van der Waals surface area contributed by atoms with E-state index in [4.69, 9.17) is 22.1 Å². The number of amides is 1. The van der Waals surface area contributed by atoms with Crippen LogP contribution in [0.4, 0.5) is 14.9 Å². The van der Waals surface area contributed by atoms with Crippen molar-refractivity contribution in [1.82, 2.24) is 5.32 Å². The summed E-state index contributed by atoms with van der Waals surface area (Å²) in [6, 6.07) is 2.75. The van der Waals surface area contributed by atoms with Crippen LogP contribution in [0.25, 0.3) is 6.08 Å². The lowest BCUT2D eigenvalue weighted by Gasteiger charge is -2.19. The van der Waals surface area contributed by atoms with E-state index in [1.165, 1.54) is 0 Å². The quantitative estimate of drug-likeness (QED) is 0.652. The summed E-state index contributed by atoms with van der Waals surface area (Å²) >= 11 is 5.76. The van der Waals surface area contributed by atoms with E-state index in [0.29, 0.717) is 18.5 Å². The van der Waals surface area contributed by atoms with Gasteiger partial charge in [0.05, 0.1) is 5.69 Å². The standard InChI is InChI=1S/C15H20ClFN2O2/c1-15(2,3)21-14(20)19-7-5-4-6-10-8-11(16)9-12(17)13(10)18/h4,6,8-9H,5,7,18H2,1-3H3,(H,19,20). The van der Waals surface area contributed by atoms with Gasteiger partial charge in [-0.2, -0.15) is 0 Å². The van der Waals surface area contributed by atoms with Gasteiger partial charge in [-0.1, -0.05) is 23.8 Å². The first-order valence-corrected chi connectivity index (χ1v) is 6.95. The first-order chi connectivity index (χ1) is 9.69. The first kappa shape index (κ1) is 17.3. The summed E-state index contributed by atoms with van der Waals surface area (Å²) in [6.45, 7) is 5.79. The topological polar surface area (TPSA) is 64.3 Å². The molecule has 0 radical (unpaired) electrons. The van der Waals surface area contributed by atoms with Gasteiger partial charge in [0, 0.05) is 17.1 Å². The molecule has 4 nitrogen and oxygen atoms in total. The number of carbonyl (C=O) groups excluding carboxylic acids is 1. The van der Waals surface area contributed by atoms with Crippen molar-refractivity contribution >= 4 is 29.5 Å². The minimum atomic E-state index is -0.547. The Hall–Kier alpha value is -1.75. The van der Waals surface area contributed by atoms with Crippen LogP contribution < -0.4 is 11.1 Å². The van der Waals surface area contributed by atoms with Crippen LogP contribution in [0.3, 0.4) is 0 Å². The van der Waals surface area contributed by atoms with Gasteiger partial charge in [0.25, 0.3) is 0 Å². The molecule has 0 bridgehead atoms. The third-order valence-corrected chi connectivity index (χ3v) is 2.62. The van der Waals surface area contributed by atoms with Gasteiger partial charge in [-0.15, -0.1) is 0 Å². The molecule has 116 valence electrons. The lowest BCUT2D eigenvalue weighted by molar-refractivity contribution is 0.0529. The van der Waals surface area contributed by atoms with Crippen LogP contribution in [-0.2, 0) is 4.74 Å². The average molecular weight is 315 g/mol. The Balaban J connectivity index is 2.45. The largest absolute Gasteiger partial charge is 0.444 e. The maximum Gasteiger partial charge on any atom is 0.407 e. The van der Waals surface area contributed by atoms with Crippen molar-refractivity contribution in [1.29, 1.82) is 0 Å². The first-order valence-electron chi connectivity index (χ1n) is 6.57. The molecule has 0 aliphatic carbocycles.